The molecule has 1 aromatic heterocycles. The van der Waals surface area contributed by atoms with Gasteiger partial charge in [0, 0.05) is 25.1 Å². The molecule has 10 heteroatoms. The molecule has 0 bridgehead atoms. The number of aromatic nitrogens is 2. The predicted molar refractivity (Wildman–Crippen MR) is 150 cm³/mol. The summed E-state index contributed by atoms with van der Waals surface area (Å²) in [6.07, 6.45) is 6.94. The third kappa shape index (κ3) is 6.87. The molecule has 39 heavy (non-hydrogen) atoms. The molecular formula is C29H36N4O6. The molecule has 208 valence electrons. The Balaban J connectivity index is 1.48. The van der Waals surface area contributed by atoms with Gasteiger partial charge in [0.1, 0.15) is 18.0 Å². The Morgan fingerprint density at radius 2 is 1.69 bits per heavy atom. The molecule has 1 heterocycles. The smallest absolute Gasteiger partial charge is 0.331 e. The van der Waals surface area contributed by atoms with Crippen LogP contribution in [0.1, 0.15) is 51.4 Å². The number of nitrogens with one attached hydrogen (secondary N) is 2. The lowest BCUT2D eigenvalue weighted by Crippen LogP contribution is -2.42. The topological polar surface area (TPSA) is 121 Å². The predicted octanol–water partition coefficient (Wildman–Crippen LogP) is 3.44. The normalized spacial score (nSPS) is 13.7. The van der Waals surface area contributed by atoms with Crippen LogP contribution in [-0.4, -0.2) is 41.2 Å². The summed E-state index contributed by atoms with van der Waals surface area (Å²) in [5.41, 5.74) is -0.200. The Labute approximate surface area is 226 Å². The van der Waals surface area contributed by atoms with Gasteiger partial charge in [0.2, 0.25) is 11.8 Å². The number of benzene rings is 2. The van der Waals surface area contributed by atoms with E-state index in [1.807, 2.05) is 0 Å². The van der Waals surface area contributed by atoms with Crippen molar-refractivity contribution in [3.05, 3.63) is 63.3 Å². The van der Waals surface area contributed by atoms with E-state index >= 15 is 0 Å². The maximum atomic E-state index is 13.4. The standard InChI is InChI=1S/C29H36N4O6/c1-38-21-15-16-25(39-2)23(18-21)31-27(35)19-33-24-13-7-6-12-22(24)28(36)32(29(33)37)17-9-8-14-26(34)30-20-10-4-3-5-11-20/h6-7,12-13,15-16,18,20H,3-5,8-11,14,17,19H2,1-2H3,(H,30,34)(H,31,35). The van der Waals surface area contributed by atoms with Crippen molar-refractivity contribution in [1.82, 2.24) is 14.5 Å². The number of carbonyl (C=O) groups excluding carboxylic acids is 2. The Bertz CT molecular complexity index is 1440. The number of anilines is 1. The molecule has 1 saturated carbocycles. The Morgan fingerprint density at radius 1 is 0.923 bits per heavy atom. The van der Waals surface area contributed by atoms with E-state index in [0.29, 0.717) is 47.4 Å². The van der Waals surface area contributed by atoms with Crippen molar-refractivity contribution >= 4 is 28.4 Å². The van der Waals surface area contributed by atoms with Crippen molar-refractivity contribution in [3.63, 3.8) is 0 Å². The monoisotopic (exact) mass is 536 g/mol. The molecular weight excluding hydrogens is 500 g/mol. The molecule has 0 saturated heterocycles. The van der Waals surface area contributed by atoms with Crippen LogP contribution in [0.5, 0.6) is 11.5 Å². The fraction of sp³-hybridized carbons (Fsp3) is 0.448. The Morgan fingerprint density at radius 3 is 2.44 bits per heavy atom. The third-order valence-corrected chi connectivity index (χ3v) is 7.12. The van der Waals surface area contributed by atoms with Crippen molar-refractivity contribution in [3.8, 4) is 11.5 Å². The lowest BCUT2D eigenvalue weighted by atomic mass is 9.95. The highest BCUT2D eigenvalue weighted by molar-refractivity contribution is 5.93. The zero-order valence-corrected chi connectivity index (χ0v) is 22.5. The van der Waals surface area contributed by atoms with Gasteiger partial charge in [-0.15, -0.1) is 0 Å². The molecule has 1 fully saturated rings. The van der Waals surface area contributed by atoms with Crippen molar-refractivity contribution in [2.45, 2.75) is 70.5 Å². The quantitative estimate of drug-likeness (QED) is 0.362. The molecule has 0 aliphatic heterocycles. The van der Waals surface area contributed by atoms with Crippen LogP contribution in [0.3, 0.4) is 0 Å². The minimum atomic E-state index is -0.571. The molecule has 0 unspecified atom stereocenters. The summed E-state index contributed by atoms with van der Waals surface area (Å²) >= 11 is 0. The van der Waals surface area contributed by atoms with Gasteiger partial charge in [-0.2, -0.15) is 0 Å². The highest BCUT2D eigenvalue weighted by Crippen LogP contribution is 2.29. The van der Waals surface area contributed by atoms with Crippen molar-refractivity contribution in [1.29, 1.82) is 0 Å². The van der Waals surface area contributed by atoms with E-state index in [1.165, 1.54) is 25.2 Å². The van der Waals surface area contributed by atoms with Crippen LogP contribution in [0.4, 0.5) is 5.69 Å². The van der Waals surface area contributed by atoms with Crippen LogP contribution in [0.15, 0.2) is 52.1 Å². The number of nitrogens with zero attached hydrogens (tertiary/aromatic N) is 2. The molecule has 2 aromatic carbocycles. The first-order valence-corrected chi connectivity index (χ1v) is 13.4. The number of unbranched alkanes of at least 4 members (excludes halogenated alkanes) is 1. The average molecular weight is 537 g/mol. The second-order valence-corrected chi connectivity index (χ2v) is 9.82. The number of methoxy groups -OCH3 is 2. The van der Waals surface area contributed by atoms with Crippen LogP contribution < -0.4 is 31.4 Å². The molecule has 10 nitrogen and oxygen atoms in total. The van der Waals surface area contributed by atoms with Crippen LogP contribution in [0.2, 0.25) is 0 Å². The van der Waals surface area contributed by atoms with E-state index in [-0.39, 0.29) is 25.0 Å². The summed E-state index contributed by atoms with van der Waals surface area (Å²) in [6.45, 7) is -0.145. The number of hydrogen-bond acceptors (Lipinski definition) is 6. The lowest BCUT2D eigenvalue weighted by molar-refractivity contribution is -0.122. The summed E-state index contributed by atoms with van der Waals surface area (Å²) in [5, 5.41) is 6.22. The second-order valence-electron chi connectivity index (χ2n) is 9.82. The van der Waals surface area contributed by atoms with E-state index in [9.17, 15) is 19.2 Å². The first kappa shape index (κ1) is 27.9. The number of rotatable bonds is 11. The van der Waals surface area contributed by atoms with Gasteiger partial charge in [0.15, 0.2) is 0 Å². The van der Waals surface area contributed by atoms with Crippen molar-refractivity contribution in [2.75, 3.05) is 19.5 Å². The van der Waals surface area contributed by atoms with Crippen LogP contribution >= 0.6 is 0 Å². The van der Waals surface area contributed by atoms with E-state index in [0.717, 1.165) is 30.3 Å². The largest absolute Gasteiger partial charge is 0.497 e. The second kappa shape index (κ2) is 13.1. The highest BCUT2D eigenvalue weighted by Gasteiger charge is 2.18. The van der Waals surface area contributed by atoms with Crippen molar-refractivity contribution in [2.24, 2.45) is 0 Å². The number of ether oxygens (including phenoxy) is 2. The number of carbonyl (C=O) groups is 2. The zero-order valence-electron chi connectivity index (χ0n) is 22.5. The van der Waals surface area contributed by atoms with Gasteiger partial charge >= 0.3 is 5.69 Å². The average Bonchev–Trinajstić information content (AvgIpc) is 2.95. The van der Waals surface area contributed by atoms with Gasteiger partial charge in [-0.25, -0.2) is 4.79 Å². The van der Waals surface area contributed by atoms with E-state index in [1.54, 1.807) is 42.5 Å². The number of fused-ring (bicyclic) bond motifs is 1. The fourth-order valence-electron chi connectivity index (χ4n) is 5.07. The SMILES string of the molecule is COc1ccc(OC)c(NC(=O)Cn2c(=O)n(CCCCC(=O)NC3CCCCC3)c(=O)c3ccccc32)c1. The Kier molecular flexibility index (Phi) is 9.40. The first-order chi connectivity index (χ1) is 18.9. The van der Waals surface area contributed by atoms with Crippen LogP contribution in [-0.2, 0) is 22.7 Å². The third-order valence-electron chi connectivity index (χ3n) is 7.12. The van der Waals surface area contributed by atoms with Crippen LogP contribution in [0, 0.1) is 0 Å². The minimum Gasteiger partial charge on any atom is -0.497 e. The van der Waals surface area contributed by atoms with Gasteiger partial charge in [-0.3, -0.25) is 23.5 Å². The minimum absolute atomic E-state index is 0.00908. The fourth-order valence-corrected chi connectivity index (χ4v) is 5.07. The zero-order chi connectivity index (χ0) is 27.8. The molecule has 3 aromatic rings. The summed E-state index contributed by atoms with van der Waals surface area (Å²) in [5.74, 6) is 0.529. The van der Waals surface area contributed by atoms with Crippen molar-refractivity contribution < 1.29 is 19.1 Å². The van der Waals surface area contributed by atoms with Gasteiger partial charge < -0.3 is 20.1 Å². The van der Waals surface area contributed by atoms with E-state index in [4.69, 9.17) is 9.47 Å². The summed E-state index contributed by atoms with van der Waals surface area (Å²) in [7, 11) is 3.01. The highest BCUT2D eigenvalue weighted by atomic mass is 16.5. The lowest BCUT2D eigenvalue weighted by Gasteiger charge is -2.22. The molecule has 1 aliphatic carbocycles. The summed E-state index contributed by atoms with van der Waals surface area (Å²) in [4.78, 5) is 52.0. The van der Waals surface area contributed by atoms with Gasteiger partial charge in [0.25, 0.3) is 5.56 Å². The van der Waals surface area contributed by atoms with Crippen LogP contribution in [0.25, 0.3) is 10.9 Å². The molecule has 0 radical (unpaired) electrons. The number of para-hydroxylation sites is 1. The van der Waals surface area contributed by atoms with Gasteiger partial charge in [0.05, 0.1) is 30.8 Å². The van der Waals surface area contributed by atoms with Gasteiger partial charge in [-0.05, 0) is 49.9 Å². The van der Waals surface area contributed by atoms with E-state index in [2.05, 4.69) is 10.6 Å². The molecule has 2 N–H and O–H groups in total. The summed E-state index contributed by atoms with van der Waals surface area (Å²) < 4.78 is 13.0. The first-order valence-electron chi connectivity index (χ1n) is 13.4. The molecule has 2 amide bonds. The van der Waals surface area contributed by atoms with Gasteiger partial charge in [-0.1, -0.05) is 31.4 Å². The molecule has 0 spiro atoms. The maximum absolute atomic E-state index is 13.4. The summed E-state index contributed by atoms with van der Waals surface area (Å²) in [6, 6.07) is 12.0. The Hall–Kier alpha value is -4.08. The number of amides is 2. The van der Waals surface area contributed by atoms with E-state index < -0.39 is 17.2 Å². The maximum Gasteiger partial charge on any atom is 0.331 e. The molecule has 0 atom stereocenters. The molecule has 4 rings (SSSR count). The molecule has 1 aliphatic rings. The number of hydrogen-bond donors (Lipinski definition) is 2.